The SMILES string of the molecule is c1ccc2[nH]ccc2c1.c1cnc2ncccc2c1. The van der Waals surface area contributed by atoms with Gasteiger partial charge in [0.2, 0.25) is 0 Å². The normalized spacial score (nSPS) is 10.1. The molecule has 0 aliphatic heterocycles. The van der Waals surface area contributed by atoms with Crippen molar-refractivity contribution in [3.8, 4) is 0 Å². The van der Waals surface area contributed by atoms with Crippen LogP contribution in [0.3, 0.4) is 0 Å². The van der Waals surface area contributed by atoms with E-state index in [2.05, 4.69) is 33.2 Å². The largest absolute Gasteiger partial charge is 0.361 e. The van der Waals surface area contributed by atoms with Crippen molar-refractivity contribution in [1.82, 2.24) is 15.0 Å². The second-order valence-corrected chi connectivity index (χ2v) is 4.12. The molecule has 0 atom stereocenters. The van der Waals surface area contributed by atoms with Crippen molar-refractivity contribution >= 4 is 21.9 Å². The molecule has 0 saturated heterocycles. The summed E-state index contributed by atoms with van der Waals surface area (Å²) in [5.41, 5.74) is 2.02. The number of nitrogens with zero attached hydrogens (tertiary/aromatic N) is 2. The smallest absolute Gasteiger partial charge is 0.159 e. The molecule has 3 nitrogen and oxygen atoms in total. The Labute approximate surface area is 111 Å². The van der Waals surface area contributed by atoms with Crippen molar-refractivity contribution in [1.29, 1.82) is 0 Å². The maximum atomic E-state index is 4.07. The molecule has 92 valence electrons. The first kappa shape index (κ1) is 11.4. The van der Waals surface area contributed by atoms with Crippen LogP contribution in [0.4, 0.5) is 0 Å². The van der Waals surface area contributed by atoms with Crippen LogP contribution in [0.2, 0.25) is 0 Å². The minimum Gasteiger partial charge on any atom is -0.361 e. The molecule has 0 fully saturated rings. The molecule has 0 amide bonds. The van der Waals surface area contributed by atoms with Crippen molar-refractivity contribution in [3.05, 3.63) is 73.2 Å². The fraction of sp³-hybridized carbons (Fsp3) is 0. The minimum atomic E-state index is 0.810. The van der Waals surface area contributed by atoms with Crippen LogP contribution in [-0.4, -0.2) is 15.0 Å². The van der Waals surface area contributed by atoms with Crippen LogP contribution < -0.4 is 0 Å². The van der Waals surface area contributed by atoms with E-state index >= 15 is 0 Å². The number of H-pyrrole nitrogens is 1. The highest BCUT2D eigenvalue weighted by molar-refractivity contribution is 5.78. The topological polar surface area (TPSA) is 41.6 Å². The zero-order chi connectivity index (χ0) is 12.9. The third-order valence-electron chi connectivity index (χ3n) is 2.84. The molecule has 0 unspecified atom stereocenters. The molecule has 19 heavy (non-hydrogen) atoms. The van der Waals surface area contributed by atoms with Crippen molar-refractivity contribution < 1.29 is 0 Å². The van der Waals surface area contributed by atoms with Gasteiger partial charge in [-0.05, 0) is 41.8 Å². The molecule has 4 rings (SSSR count). The number of hydrogen-bond acceptors (Lipinski definition) is 2. The fourth-order valence-electron chi connectivity index (χ4n) is 1.90. The monoisotopic (exact) mass is 247 g/mol. The fourth-order valence-corrected chi connectivity index (χ4v) is 1.90. The van der Waals surface area contributed by atoms with E-state index in [0.29, 0.717) is 0 Å². The van der Waals surface area contributed by atoms with Crippen LogP contribution in [0.5, 0.6) is 0 Å². The van der Waals surface area contributed by atoms with E-state index in [9.17, 15) is 0 Å². The van der Waals surface area contributed by atoms with Gasteiger partial charge >= 0.3 is 0 Å². The number of benzene rings is 1. The zero-order valence-electron chi connectivity index (χ0n) is 10.3. The van der Waals surface area contributed by atoms with Crippen LogP contribution in [0.1, 0.15) is 0 Å². The Morgan fingerprint density at radius 2 is 1.37 bits per heavy atom. The van der Waals surface area contributed by atoms with Gasteiger partial charge in [-0.3, -0.25) is 0 Å². The summed E-state index contributed by atoms with van der Waals surface area (Å²) < 4.78 is 0. The van der Waals surface area contributed by atoms with E-state index in [1.807, 2.05) is 42.6 Å². The van der Waals surface area contributed by atoms with Crippen LogP contribution in [0.15, 0.2) is 73.2 Å². The second kappa shape index (κ2) is 5.31. The summed E-state index contributed by atoms with van der Waals surface area (Å²) in [6.07, 6.45) is 5.44. The summed E-state index contributed by atoms with van der Waals surface area (Å²) in [5.74, 6) is 0. The van der Waals surface area contributed by atoms with Gasteiger partial charge in [0.05, 0.1) is 0 Å². The molecule has 4 aromatic rings. The minimum absolute atomic E-state index is 0.810. The molecule has 3 aromatic heterocycles. The first-order valence-corrected chi connectivity index (χ1v) is 6.11. The number of nitrogens with one attached hydrogen (secondary N) is 1. The van der Waals surface area contributed by atoms with Gasteiger partial charge in [0.1, 0.15) is 0 Å². The maximum absolute atomic E-state index is 4.07. The standard InChI is InChI=1S/C8H6N2.C8H7N/c1-3-7-4-2-6-10-8(7)9-5-1;1-2-4-8-7(3-1)5-6-9-8/h1-6H;1-6,9H. The van der Waals surface area contributed by atoms with Crippen molar-refractivity contribution in [2.24, 2.45) is 0 Å². The van der Waals surface area contributed by atoms with E-state index in [1.54, 1.807) is 12.4 Å². The number of pyridine rings is 2. The second-order valence-electron chi connectivity index (χ2n) is 4.12. The van der Waals surface area contributed by atoms with E-state index in [4.69, 9.17) is 0 Å². The summed E-state index contributed by atoms with van der Waals surface area (Å²) in [4.78, 5) is 11.3. The highest BCUT2D eigenvalue weighted by atomic mass is 14.8. The highest BCUT2D eigenvalue weighted by Gasteiger charge is 1.88. The lowest BCUT2D eigenvalue weighted by atomic mass is 10.3. The molecule has 0 aliphatic rings. The van der Waals surface area contributed by atoms with Gasteiger partial charge in [-0.2, -0.15) is 0 Å². The molecule has 0 saturated carbocycles. The molecular weight excluding hydrogens is 234 g/mol. The molecular formula is C16H13N3. The van der Waals surface area contributed by atoms with Crippen LogP contribution >= 0.6 is 0 Å². The predicted octanol–water partition coefficient (Wildman–Crippen LogP) is 3.80. The Morgan fingerprint density at radius 3 is 2.05 bits per heavy atom. The Balaban J connectivity index is 0.000000117. The van der Waals surface area contributed by atoms with Crippen LogP contribution in [0.25, 0.3) is 21.9 Å². The van der Waals surface area contributed by atoms with Gasteiger partial charge in [-0.15, -0.1) is 0 Å². The van der Waals surface area contributed by atoms with Crippen LogP contribution in [0, 0.1) is 0 Å². The Hall–Kier alpha value is -2.68. The number of rotatable bonds is 0. The Kier molecular flexibility index (Phi) is 3.19. The van der Waals surface area contributed by atoms with Crippen molar-refractivity contribution in [3.63, 3.8) is 0 Å². The van der Waals surface area contributed by atoms with Gasteiger partial charge < -0.3 is 4.98 Å². The number of para-hydroxylation sites is 1. The first-order chi connectivity index (χ1) is 9.43. The summed E-state index contributed by atoms with van der Waals surface area (Å²) in [6.45, 7) is 0. The molecule has 0 spiro atoms. The quantitative estimate of drug-likeness (QED) is 0.513. The predicted molar refractivity (Wildman–Crippen MR) is 77.8 cm³/mol. The maximum Gasteiger partial charge on any atom is 0.159 e. The molecule has 0 bridgehead atoms. The zero-order valence-corrected chi connectivity index (χ0v) is 10.3. The number of aromatic nitrogens is 3. The molecule has 3 heterocycles. The molecule has 1 aromatic carbocycles. The highest BCUT2D eigenvalue weighted by Crippen LogP contribution is 2.09. The van der Waals surface area contributed by atoms with Gasteiger partial charge in [0.25, 0.3) is 0 Å². The lowest BCUT2D eigenvalue weighted by molar-refractivity contribution is 1.29. The molecule has 1 N–H and O–H groups in total. The number of fused-ring (bicyclic) bond motifs is 2. The van der Waals surface area contributed by atoms with Crippen LogP contribution in [-0.2, 0) is 0 Å². The lowest BCUT2D eigenvalue weighted by Gasteiger charge is -1.90. The van der Waals surface area contributed by atoms with E-state index in [-0.39, 0.29) is 0 Å². The summed E-state index contributed by atoms with van der Waals surface area (Å²) in [7, 11) is 0. The van der Waals surface area contributed by atoms with Gasteiger partial charge in [-0.25, -0.2) is 9.97 Å². The van der Waals surface area contributed by atoms with E-state index < -0.39 is 0 Å². The Morgan fingerprint density at radius 1 is 0.684 bits per heavy atom. The van der Waals surface area contributed by atoms with Crippen molar-refractivity contribution in [2.75, 3.05) is 0 Å². The average molecular weight is 247 g/mol. The Bertz CT molecular complexity index is 694. The van der Waals surface area contributed by atoms with E-state index in [1.165, 1.54) is 10.9 Å². The molecule has 0 aliphatic carbocycles. The first-order valence-electron chi connectivity index (χ1n) is 6.11. The summed E-state index contributed by atoms with van der Waals surface area (Å²) in [6, 6.07) is 18.1. The number of hydrogen-bond donors (Lipinski definition) is 1. The van der Waals surface area contributed by atoms with Gasteiger partial charge in [0, 0.05) is 29.5 Å². The third kappa shape index (κ3) is 2.60. The van der Waals surface area contributed by atoms with Gasteiger partial charge in [0.15, 0.2) is 5.65 Å². The number of aromatic amines is 1. The third-order valence-corrected chi connectivity index (χ3v) is 2.84. The van der Waals surface area contributed by atoms with E-state index in [0.717, 1.165) is 11.0 Å². The molecule has 0 radical (unpaired) electrons. The van der Waals surface area contributed by atoms with Crippen molar-refractivity contribution in [2.45, 2.75) is 0 Å². The average Bonchev–Trinajstić information content (AvgIpc) is 2.96. The summed E-state index contributed by atoms with van der Waals surface area (Å²) in [5, 5.41) is 2.36. The molecule has 3 heteroatoms. The lowest BCUT2D eigenvalue weighted by Crippen LogP contribution is -1.78. The van der Waals surface area contributed by atoms with Gasteiger partial charge in [-0.1, -0.05) is 18.2 Å². The summed E-state index contributed by atoms with van der Waals surface area (Å²) >= 11 is 0.